The van der Waals surface area contributed by atoms with Gasteiger partial charge in [-0.05, 0) is 31.2 Å². The molecule has 3 rings (SSSR count). The third kappa shape index (κ3) is 2.54. The van der Waals surface area contributed by atoms with Gasteiger partial charge in [0.05, 0.1) is 17.4 Å². The fourth-order valence-corrected chi connectivity index (χ4v) is 2.46. The average Bonchev–Trinajstić information content (AvgIpc) is 2.46. The number of aryl methyl sites for hydroxylation is 1. The lowest BCUT2D eigenvalue weighted by molar-refractivity contribution is 0.591. The molecule has 0 unspecified atom stereocenters. The van der Waals surface area contributed by atoms with Gasteiger partial charge in [-0.1, -0.05) is 29.8 Å². The summed E-state index contributed by atoms with van der Waals surface area (Å²) in [5, 5.41) is 0.909. The Hall–Kier alpha value is -2.20. The summed E-state index contributed by atoms with van der Waals surface area (Å²) in [5.41, 5.74) is 0.820. The van der Waals surface area contributed by atoms with Crippen molar-refractivity contribution in [1.82, 2.24) is 9.55 Å². The van der Waals surface area contributed by atoms with E-state index in [2.05, 4.69) is 4.98 Å². The summed E-state index contributed by atoms with van der Waals surface area (Å²) in [6.07, 6.45) is 0. The van der Waals surface area contributed by atoms with Gasteiger partial charge in [-0.2, -0.15) is 0 Å². The van der Waals surface area contributed by atoms with Crippen LogP contribution >= 0.6 is 11.6 Å². The summed E-state index contributed by atoms with van der Waals surface area (Å²) in [6.45, 7) is 1.88. The van der Waals surface area contributed by atoms with E-state index in [1.165, 1.54) is 10.6 Å². The number of fused-ring (bicyclic) bond motifs is 1. The molecule has 0 saturated carbocycles. The summed E-state index contributed by atoms with van der Waals surface area (Å²) in [4.78, 5) is 16.9. The van der Waals surface area contributed by atoms with Crippen LogP contribution in [0.15, 0.2) is 47.3 Å². The second-order valence-corrected chi connectivity index (χ2v) is 5.24. The highest BCUT2D eigenvalue weighted by Crippen LogP contribution is 2.16. The van der Waals surface area contributed by atoms with Gasteiger partial charge in [0, 0.05) is 10.6 Å². The molecule has 1 heterocycles. The fourth-order valence-electron chi connectivity index (χ4n) is 2.29. The third-order valence-electron chi connectivity index (χ3n) is 3.39. The van der Waals surface area contributed by atoms with Gasteiger partial charge in [0.2, 0.25) is 0 Å². The molecule has 3 nitrogen and oxygen atoms in total. The van der Waals surface area contributed by atoms with E-state index in [1.807, 2.05) is 0 Å². The highest BCUT2D eigenvalue weighted by atomic mass is 35.5. The summed E-state index contributed by atoms with van der Waals surface area (Å²) in [6, 6.07) is 11.4. The van der Waals surface area contributed by atoms with E-state index in [-0.39, 0.29) is 17.9 Å². The SMILES string of the molecule is Cc1nc2ccc(Cl)cc2c(=O)n1Cc1ccccc1F. The molecule has 0 spiro atoms. The Bertz CT molecular complexity index is 889. The molecule has 0 N–H and O–H groups in total. The number of nitrogens with zero attached hydrogens (tertiary/aromatic N) is 2. The highest BCUT2D eigenvalue weighted by molar-refractivity contribution is 6.31. The van der Waals surface area contributed by atoms with Crippen LogP contribution in [0.5, 0.6) is 0 Å². The van der Waals surface area contributed by atoms with Crippen LogP contribution in [0.1, 0.15) is 11.4 Å². The second kappa shape index (κ2) is 5.30. The van der Waals surface area contributed by atoms with E-state index in [9.17, 15) is 9.18 Å². The van der Waals surface area contributed by atoms with Crippen molar-refractivity contribution < 1.29 is 4.39 Å². The zero-order valence-electron chi connectivity index (χ0n) is 11.3. The van der Waals surface area contributed by atoms with Crippen LogP contribution in [0, 0.1) is 12.7 Å². The Morgan fingerprint density at radius 2 is 2.00 bits per heavy atom. The van der Waals surface area contributed by atoms with Crippen molar-refractivity contribution >= 4 is 22.5 Å². The minimum Gasteiger partial charge on any atom is -0.292 e. The van der Waals surface area contributed by atoms with Crippen LogP contribution in [0.3, 0.4) is 0 Å². The first-order chi connectivity index (χ1) is 10.1. The van der Waals surface area contributed by atoms with Gasteiger partial charge in [-0.3, -0.25) is 9.36 Å². The Morgan fingerprint density at radius 3 is 2.76 bits per heavy atom. The van der Waals surface area contributed by atoms with Gasteiger partial charge < -0.3 is 0 Å². The number of benzene rings is 2. The van der Waals surface area contributed by atoms with Gasteiger partial charge in [0.1, 0.15) is 11.6 Å². The number of hydrogen-bond donors (Lipinski definition) is 0. The van der Waals surface area contributed by atoms with Crippen molar-refractivity contribution in [2.24, 2.45) is 0 Å². The average molecular weight is 303 g/mol. The smallest absolute Gasteiger partial charge is 0.261 e. The molecule has 2 aromatic carbocycles. The molecule has 0 radical (unpaired) electrons. The maximum absolute atomic E-state index is 13.8. The first-order valence-corrected chi connectivity index (χ1v) is 6.84. The van der Waals surface area contributed by atoms with Crippen LogP contribution in [0.4, 0.5) is 4.39 Å². The van der Waals surface area contributed by atoms with E-state index in [4.69, 9.17) is 11.6 Å². The second-order valence-electron chi connectivity index (χ2n) is 4.80. The standard InChI is InChI=1S/C16H12ClFN2O/c1-10-19-15-7-6-12(17)8-13(15)16(21)20(10)9-11-4-2-3-5-14(11)18/h2-8H,9H2,1H3. The lowest BCUT2D eigenvalue weighted by Crippen LogP contribution is -2.24. The molecule has 0 saturated heterocycles. The molecule has 5 heteroatoms. The minimum absolute atomic E-state index is 0.146. The maximum atomic E-state index is 13.8. The van der Waals surface area contributed by atoms with Crippen molar-refractivity contribution in [1.29, 1.82) is 0 Å². The molecule has 0 amide bonds. The first-order valence-electron chi connectivity index (χ1n) is 6.46. The van der Waals surface area contributed by atoms with Crippen molar-refractivity contribution in [3.05, 3.63) is 75.0 Å². The Balaban J connectivity index is 2.19. The van der Waals surface area contributed by atoms with Crippen LogP contribution in [-0.4, -0.2) is 9.55 Å². The van der Waals surface area contributed by atoms with Gasteiger partial charge in [-0.15, -0.1) is 0 Å². The quantitative estimate of drug-likeness (QED) is 0.725. The van der Waals surface area contributed by atoms with E-state index in [1.54, 1.807) is 43.3 Å². The molecule has 3 aromatic rings. The molecule has 0 aliphatic heterocycles. The molecular formula is C16H12ClFN2O. The normalized spacial score (nSPS) is 11.0. The summed E-state index contributed by atoms with van der Waals surface area (Å²) >= 11 is 5.93. The predicted molar refractivity (Wildman–Crippen MR) is 81.3 cm³/mol. The van der Waals surface area contributed by atoms with Crippen LogP contribution in [-0.2, 0) is 6.54 Å². The molecule has 0 aliphatic carbocycles. The predicted octanol–water partition coefficient (Wildman–Crippen LogP) is 3.55. The van der Waals surface area contributed by atoms with Crippen molar-refractivity contribution in [3.8, 4) is 0 Å². The van der Waals surface area contributed by atoms with Crippen LogP contribution in [0.25, 0.3) is 10.9 Å². The molecule has 1 aromatic heterocycles. The third-order valence-corrected chi connectivity index (χ3v) is 3.63. The van der Waals surface area contributed by atoms with Gasteiger partial charge in [0.15, 0.2) is 0 Å². The molecule has 0 bridgehead atoms. The molecule has 0 aliphatic rings. The Labute approximate surface area is 125 Å². The van der Waals surface area contributed by atoms with Crippen LogP contribution < -0.4 is 5.56 Å². The maximum Gasteiger partial charge on any atom is 0.261 e. The van der Waals surface area contributed by atoms with Crippen molar-refractivity contribution in [2.75, 3.05) is 0 Å². The highest BCUT2D eigenvalue weighted by Gasteiger charge is 2.10. The summed E-state index contributed by atoms with van der Waals surface area (Å²) in [7, 11) is 0. The van der Waals surface area contributed by atoms with Gasteiger partial charge in [-0.25, -0.2) is 9.37 Å². The fraction of sp³-hybridized carbons (Fsp3) is 0.125. The van der Waals surface area contributed by atoms with Crippen molar-refractivity contribution in [2.45, 2.75) is 13.5 Å². The number of halogens is 2. The molecule has 21 heavy (non-hydrogen) atoms. The Morgan fingerprint density at radius 1 is 1.24 bits per heavy atom. The monoisotopic (exact) mass is 302 g/mol. The first kappa shape index (κ1) is 13.8. The number of rotatable bonds is 2. The van der Waals surface area contributed by atoms with E-state index < -0.39 is 0 Å². The summed E-state index contributed by atoms with van der Waals surface area (Å²) < 4.78 is 15.2. The molecule has 106 valence electrons. The van der Waals surface area contributed by atoms with E-state index in [0.29, 0.717) is 27.3 Å². The summed E-state index contributed by atoms with van der Waals surface area (Å²) in [5.74, 6) is 0.202. The Kier molecular flexibility index (Phi) is 3.47. The lowest BCUT2D eigenvalue weighted by atomic mass is 10.2. The van der Waals surface area contributed by atoms with Gasteiger partial charge in [0.25, 0.3) is 5.56 Å². The lowest BCUT2D eigenvalue weighted by Gasteiger charge is -2.11. The zero-order chi connectivity index (χ0) is 15.0. The van der Waals surface area contributed by atoms with Crippen LogP contribution in [0.2, 0.25) is 5.02 Å². The topological polar surface area (TPSA) is 34.9 Å². The molecule has 0 fully saturated rings. The minimum atomic E-state index is -0.338. The number of hydrogen-bond acceptors (Lipinski definition) is 2. The van der Waals surface area contributed by atoms with E-state index >= 15 is 0 Å². The van der Waals surface area contributed by atoms with E-state index in [0.717, 1.165) is 0 Å². The largest absolute Gasteiger partial charge is 0.292 e. The zero-order valence-corrected chi connectivity index (χ0v) is 12.1. The van der Waals surface area contributed by atoms with Crippen molar-refractivity contribution in [3.63, 3.8) is 0 Å². The van der Waals surface area contributed by atoms with Gasteiger partial charge >= 0.3 is 0 Å². The number of aromatic nitrogens is 2. The molecule has 0 atom stereocenters. The molecular weight excluding hydrogens is 291 g/mol.